The zero-order valence-electron chi connectivity index (χ0n) is 18.0. The normalized spacial score (nSPS) is 10.6. The molecule has 0 fully saturated rings. The molecule has 0 saturated carbocycles. The average molecular weight is 478 g/mol. The van der Waals surface area contributed by atoms with E-state index in [1.54, 1.807) is 23.1 Å². The van der Waals surface area contributed by atoms with Gasteiger partial charge in [0, 0.05) is 41.3 Å². The number of benzene rings is 1. The molecule has 1 rings (SSSR count). The van der Waals surface area contributed by atoms with Crippen LogP contribution >= 0.6 is 23.2 Å². The number of carbonyl (C=O) groups is 3. The molecule has 0 atom stereocenters. The van der Waals surface area contributed by atoms with Crippen molar-refractivity contribution < 1.29 is 29.3 Å². The van der Waals surface area contributed by atoms with Crippen molar-refractivity contribution in [3.05, 3.63) is 40.4 Å². The Morgan fingerprint density at radius 2 is 1.55 bits per heavy atom. The van der Waals surface area contributed by atoms with Crippen molar-refractivity contribution in [2.24, 2.45) is 0 Å². The molecule has 0 aliphatic heterocycles. The minimum Gasteiger partial charge on any atom is -0.492 e. The van der Waals surface area contributed by atoms with E-state index in [1.807, 2.05) is 32.8 Å². The highest BCUT2D eigenvalue weighted by atomic mass is 35.5. The molecule has 0 unspecified atom stereocenters. The summed E-state index contributed by atoms with van der Waals surface area (Å²) in [5.74, 6) is -1.92. The molecule has 11 heteroatoms. The Labute approximate surface area is 192 Å². The van der Waals surface area contributed by atoms with Crippen LogP contribution in [0.3, 0.4) is 0 Å². The summed E-state index contributed by atoms with van der Waals surface area (Å²) in [5.41, 5.74) is 0. The molecule has 0 bridgehead atoms. The number of rotatable bonds is 10. The van der Waals surface area contributed by atoms with Crippen molar-refractivity contribution in [2.75, 3.05) is 40.3 Å². The van der Waals surface area contributed by atoms with E-state index in [0.29, 0.717) is 47.6 Å². The third-order valence-electron chi connectivity index (χ3n) is 3.52. The monoisotopic (exact) mass is 477 g/mol. The van der Waals surface area contributed by atoms with E-state index in [-0.39, 0.29) is 12.1 Å². The Morgan fingerprint density at radius 3 is 1.97 bits per heavy atom. The predicted molar refractivity (Wildman–Crippen MR) is 120 cm³/mol. The summed E-state index contributed by atoms with van der Waals surface area (Å²) in [5, 5.41) is 19.6. The molecule has 0 aliphatic carbocycles. The van der Waals surface area contributed by atoms with Crippen LogP contribution in [0.2, 0.25) is 10.0 Å². The average Bonchev–Trinajstić information content (AvgIpc) is 2.62. The van der Waals surface area contributed by atoms with Crippen molar-refractivity contribution in [1.82, 2.24) is 15.1 Å². The number of aliphatic carboxylic acids is 2. The Morgan fingerprint density at radius 1 is 1.03 bits per heavy atom. The van der Waals surface area contributed by atoms with Gasteiger partial charge in [0.2, 0.25) is 0 Å². The number of likely N-dealkylation sites (N-methyl/N-ethyl adjacent to an activating group) is 1. The second-order valence-corrected chi connectivity index (χ2v) is 7.66. The first-order valence-corrected chi connectivity index (χ1v) is 10.1. The molecule has 3 N–H and O–H groups in total. The summed E-state index contributed by atoms with van der Waals surface area (Å²) < 4.78 is 5.64. The fourth-order valence-corrected chi connectivity index (χ4v) is 2.60. The van der Waals surface area contributed by atoms with Crippen LogP contribution in [0.4, 0.5) is 4.79 Å². The molecule has 1 aromatic carbocycles. The highest BCUT2D eigenvalue weighted by Gasteiger charge is 2.16. The number of amides is 2. The number of carboxylic acids is 2. The summed E-state index contributed by atoms with van der Waals surface area (Å²) in [7, 11) is 3.94. The zero-order valence-corrected chi connectivity index (χ0v) is 19.5. The molecule has 0 spiro atoms. The lowest BCUT2D eigenvalue weighted by Crippen LogP contribution is -2.47. The zero-order chi connectivity index (χ0) is 24.0. The van der Waals surface area contributed by atoms with Gasteiger partial charge in [0.05, 0.1) is 6.54 Å². The molecule has 0 heterocycles. The molecule has 0 saturated heterocycles. The van der Waals surface area contributed by atoms with Crippen LogP contribution in [-0.2, 0) is 9.59 Å². The second-order valence-electron chi connectivity index (χ2n) is 6.79. The number of hydrogen-bond donors (Lipinski definition) is 3. The van der Waals surface area contributed by atoms with Crippen molar-refractivity contribution in [2.45, 2.75) is 19.9 Å². The van der Waals surface area contributed by atoms with Crippen LogP contribution in [-0.4, -0.2) is 84.4 Å². The van der Waals surface area contributed by atoms with E-state index in [2.05, 4.69) is 5.32 Å². The predicted octanol–water partition coefficient (Wildman–Crippen LogP) is 3.07. The van der Waals surface area contributed by atoms with Crippen LogP contribution in [0, 0.1) is 0 Å². The van der Waals surface area contributed by atoms with Crippen molar-refractivity contribution in [3.8, 4) is 5.75 Å². The number of nitrogens with zero attached hydrogens (tertiary/aromatic N) is 2. The second kappa shape index (κ2) is 15.3. The first kappa shape index (κ1) is 28.5. The molecule has 9 nitrogen and oxygen atoms in total. The molecule has 174 valence electrons. The van der Waals surface area contributed by atoms with E-state index in [0.717, 1.165) is 6.54 Å². The van der Waals surface area contributed by atoms with Gasteiger partial charge < -0.3 is 30.1 Å². The summed E-state index contributed by atoms with van der Waals surface area (Å²) in [4.78, 5) is 35.1. The Balaban J connectivity index is 0.000000954. The molecule has 2 amide bonds. The van der Waals surface area contributed by atoms with Crippen molar-refractivity contribution in [3.63, 3.8) is 0 Å². The van der Waals surface area contributed by atoms with Crippen molar-refractivity contribution >= 4 is 41.2 Å². The molecule has 31 heavy (non-hydrogen) atoms. The van der Waals surface area contributed by atoms with E-state index in [9.17, 15) is 14.4 Å². The maximum atomic E-state index is 12.2. The highest BCUT2D eigenvalue weighted by Crippen LogP contribution is 2.24. The number of carbonyl (C=O) groups excluding carboxylic acids is 1. The lowest BCUT2D eigenvalue weighted by Gasteiger charge is -2.27. The Bertz CT molecular complexity index is 720. The first-order chi connectivity index (χ1) is 14.4. The standard InChI is InChI=1S/C16H25Cl2N3O2.C4H4O4/c1-12(2)21(16(22)19-5-6-20(3)4)7-8-23-15-10-13(17)9-14(18)11-15;5-3(6)1-2-4(7)8/h9-12H,5-8H2,1-4H3,(H,19,22);1-2H,(H,5,6)(H,7,8)/b;2-1-. The fourth-order valence-electron chi connectivity index (χ4n) is 2.10. The van der Waals surface area contributed by atoms with Gasteiger partial charge in [0.1, 0.15) is 12.4 Å². The van der Waals surface area contributed by atoms with Gasteiger partial charge in [-0.2, -0.15) is 0 Å². The highest BCUT2D eigenvalue weighted by molar-refractivity contribution is 6.34. The number of halogens is 2. The largest absolute Gasteiger partial charge is 0.492 e. The van der Waals surface area contributed by atoms with E-state index < -0.39 is 11.9 Å². The SMILES string of the molecule is CC(C)N(CCOc1cc(Cl)cc(Cl)c1)C(=O)NCCN(C)C.O=C(O)/C=C\C(=O)O. The van der Waals surface area contributed by atoms with Gasteiger partial charge in [0.15, 0.2) is 0 Å². The topological polar surface area (TPSA) is 119 Å². The van der Waals surface area contributed by atoms with E-state index in [4.69, 9.17) is 38.2 Å². The van der Waals surface area contributed by atoms with Gasteiger partial charge in [-0.1, -0.05) is 23.2 Å². The molecular weight excluding hydrogens is 449 g/mol. The van der Waals surface area contributed by atoms with Gasteiger partial charge in [-0.15, -0.1) is 0 Å². The summed E-state index contributed by atoms with van der Waals surface area (Å²) >= 11 is 11.9. The van der Waals surface area contributed by atoms with Gasteiger partial charge >= 0.3 is 18.0 Å². The van der Waals surface area contributed by atoms with Crippen molar-refractivity contribution in [1.29, 1.82) is 0 Å². The lowest BCUT2D eigenvalue weighted by atomic mass is 10.3. The maximum absolute atomic E-state index is 12.2. The third-order valence-corrected chi connectivity index (χ3v) is 3.96. The van der Waals surface area contributed by atoms with E-state index >= 15 is 0 Å². The number of ether oxygens (including phenoxy) is 1. The lowest BCUT2D eigenvalue weighted by molar-refractivity contribution is -0.134. The third kappa shape index (κ3) is 15.0. The van der Waals surface area contributed by atoms with Gasteiger partial charge in [-0.25, -0.2) is 14.4 Å². The number of nitrogens with one attached hydrogen (secondary N) is 1. The summed E-state index contributed by atoms with van der Waals surface area (Å²) in [6.45, 7) is 6.21. The Kier molecular flexibility index (Phi) is 14.1. The molecule has 0 radical (unpaired) electrons. The number of hydrogen-bond acceptors (Lipinski definition) is 5. The number of urea groups is 1. The van der Waals surface area contributed by atoms with Crippen LogP contribution in [0.15, 0.2) is 30.4 Å². The van der Waals surface area contributed by atoms with Gasteiger partial charge in [0.25, 0.3) is 0 Å². The van der Waals surface area contributed by atoms with E-state index in [1.165, 1.54) is 0 Å². The fraction of sp³-hybridized carbons (Fsp3) is 0.450. The van der Waals surface area contributed by atoms with Gasteiger partial charge in [-0.05, 0) is 46.1 Å². The summed E-state index contributed by atoms with van der Waals surface area (Å²) in [6.07, 6.45) is 1.12. The van der Waals surface area contributed by atoms with Crippen LogP contribution in [0.5, 0.6) is 5.75 Å². The minimum atomic E-state index is -1.26. The first-order valence-electron chi connectivity index (χ1n) is 9.34. The molecular formula is C20H29Cl2N3O6. The van der Waals surface area contributed by atoms with Crippen LogP contribution in [0.1, 0.15) is 13.8 Å². The minimum absolute atomic E-state index is 0.0842. The molecule has 0 aromatic heterocycles. The summed E-state index contributed by atoms with van der Waals surface area (Å²) in [6, 6.07) is 5.04. The quantitative estimate of drug-likeness (QED) is 0.442. The van der Waals surface area contributed by atoms with Gasteiger partial charge in [-0.3, -0.25) is 0 Å². The number of carboxylic acid groups (broad SMARTS) is 2. The Hall–Kier alpha value is -2.49. The molecule has 0 aliphatic rings. The smallest absolute Gasteiger partial charge is 0.328 e. The van der Waals surface area contributed by atoms with Crippen LogP contribution < -0.4 is 10.1 Å². The van der Waals surface area contributed by atoms with Crippen LogP contribution in [0.25, 0.3) is 0 Å². The maximum Gasteiger partial charge on any atom is 0.328 e. The molecule has 1 aromatic rings.